The lowest BCUT2D eigenvalue weighted by Gasteiger charge is -2.22. The van der Waals surface area contributed by atoms with Crippen molar-refractivity contribution in [3.05, 3.63) is 29.2 Å². The molecular formula is C12H16ClNO. The third-order valence-electron chi connectivity index (χ3n) is 2.49. The van der Waals surface area contributed by atoms with E-state index in [1.807, 2.05) is 0 Å². The van der Waals surface area contributed by atoms with Crippen molar-refractivity contribution in [1.29, 1.82) is 0 Å². The predicted molar refractivity (Wildman–Crippen MR) is 62.5 cm³/mol. The van der Waals surface area contributed by atoms with Crippen LogP contribution in [0, 0.1) is 5.92 Å². The highest BCUT2D eigenvalue weighted by Crippen LogP contribution is 2.18. The molecule has 2 rings (SSSR count). The minimum Gasteiger partial charge on any atom is -0.493 e. The summed E-state index contributed by atoms with van der Waals surface area (Å²) in [7, 11) is 0. The topological polar surface area (TPSA) is 21.3 Å². The molecule has 82 valence electrons. The maximum absolute atomic E-state index is 7.78. The van der Waals surface area contributed by atoms with Gasteiger partial charge in [-0.3, -0.25) is 0 Å². The molecule has 0 amide bonds. The van der Waals surface area contributed by atoms with Gasteiger partial charge in [0.15, 0.2) is 0 Å². The molecule has 1 aliphatic rings. The zero-order valence-corrected chi connectivity index (χ0v) is 9.16. The molecule has 0 spiro atoms. The quantitative estimate of drug-likeness (QED) is 0.861. The van der Waals surface area contributed by atoms with E-state index in [1.165, 1.54) is 0 Å². The summed E-state index contributed by atoms with van der Waals surface area (Å²) in [5, 5.41) is 3.09. The number of halogens is 1. The highest BCUT2D eigenvalue weighted by Gasteiger charge is 2.13. The number of ether oxygens (including phenoxy) is 1. The Labute approximate surface area is 101 Å². The van der Waals surface area contributed by atoms with E-state index in [-0.39, 0.29) is 34.9 Å². The van der Waals surface area contributed by atoms with Crippen LogP contribution in [0.15, 0.2) is 24.2 Å². The Kier molecular flexibility index (Phi) is 2.43. The molecule has 0 saturated carbocycles. The normalized spacial score (nSPS) is 21.4. The van der Waals surface area contributed by atoms with Crippen molar-refractivity contribution in [2.24, 2.45) is 5.92 Å². The molecule has 0 aliphatic carbocycles. The Morgan fingerprint density at radius 3 is 2.67 bits per heavy atom. The Bertz CT molecular complexity index is 448. The Balaban J connectivity index is 2.15. The van der Waals surface area contributed by atoms with Crippen LogP contribution in [0.4, 0.5) is 0 Å². The van der Waals surface area contributed by atoms with Crippen LogP contribution in [0.5, 0.6) is 5.75 Å². The number of nitrogens with one attached hydrogen (secondary N) is 1. The summed E-state index contributed by atoms with van der Waals surface area (Å²) < 4.78 is 36.3. The van der Waals surface area contributed by atoms with Crippen molar-refractivity contribution in [3.8, 4) is 5.75 Å². The average Bonchev–Trinajstić information content (AvgIpc) is 2.44. The molecule has 1 aliphatic heterocycles. The molecule has 0 aromatic heterocycles. The molecular weight excluding hydrogens is 210 g/mol. The number of rotatable bonds is 3. The van der Waals surface area contributed by atoms with Gasteiger partial charge in [-0.05, 0) is 56.0 Å². The maximum atomic E-state index is 7.78. The van der Waals surface area contributed by atoms with Crippen LogP contribution in [0.1, 0.15) is 18.3 Å². The molecule has 1 aromatic rings. The Morgan fingerprint density at radius 2 is 2.00 bits per heavy atom. The van der Waals surface area contributed by atoms with Gasteiger partial charge < -0.3 is 10.1 Å². The fourth-order valence-corrected chi connectivity index (χ4v) is 1.70. The fraction of sp³-hybridized carbons (Fsp3) is 0.500. The van der Waals surface area contributed by atoms with Crippen molar-refractivity contribution in [2.45, 2.75) is 12.8 Å². The number of piperidine rings is 1. The minimum atomic E-state index is -0.247. The molecule has 0 unspecified atom stereocenters. The van der Waals surface area contributed by atoms with Gasteiger partial charge >= 0.3 is 0 Å². The third kappa shape index (κ3) is 3.40. The second kappa shape index (κ2) is 5.38. The third-order valence-corrected chi connectivity index (χ3v) is 2.68. The summed E-state index contributed by atoms with van der Waals surface area (Å²) in [4.78, 5) is 0. The molecule has 1 N–H and O–H groups in total. The van der Waals surface area contributed by atoms with Crippen LogP contribution in [0.3, 0.4) is 0 Å². The molecule has 1 fully saturated rings. The number of benzene rings is 1. The summed E-state index contributed by atoms with van der Waals surface area (Å²) in [6.07, 6.45) is 1.99. The predicted octanol–water partition coefficient (Wildman–Crippen LogP) is 2.72. The van der Waals surface area contributed by atoms with E-state index in [4.69, 9.17) is 21.8 Å². The summed E-state index contributed by atoms with van der Waals surface area (Å²) in [6, 6.07) is -0.911. The number of hydrogen-bond donors (Lipinski definition) is 1. The van der Waals surface area contributed by atoms with E-state index in [2.05, 4.69) is 5.32 Å². The first-order valence-corrected chi connectivity index (χ1v) is 5.49. The van der Waals surface area contributed by atoms with Crippen LogP contribution in [-0.2, 0) is 0 Å². The van der Waals surface area contributed by atoms with Gasteiger partial charge in [-0.25, -0.2) is 0 Å². The number of hydrogen-bond acceptors (Lipinski definition) is 2. The molecule has 0 bridgehead atoms. The molecule has 0 atom stereocenters. The average molecular weight is 230 g/mol. The summed E-state index contributed by atoms with van der Waals surface area (Å²) in [5.41, 5.74) is 0. The van der Waals surface area contributed by atoms with Crippen LogP contribution in [0.25, 0.3) is 0 Å². The van der Waals surface area contributed by atoms with Gasteiger partial charge in [-0.2, -0.15) is 0 Å². The van der Waals surface area contributed by atoms with E-state index in [0.717, 1.165) is 25.9 Å². The van der Waals surface area contributed by atoms with Crippen molar-refractivity contribution in [3.63, 3.8) is 0 Å². The van der Waals surface area contributed by atoms with Crippen molar-refractivity contribution in [2.75, 3.05) is 19.7 Å². The largest absolute Gasteiger partial charge is 0.493 e. The van der Waals surface area contributed by atoms with Gasteiger partial charge in [0.05, 0.1) is 12.1 Å². The van der Waals surface area contributed by atoms with Crippen molar-refractivity contribution < 1.29 is 10.2 Å². The first kappa shape index (κ1) is 6.77. The van der Waals surface area contributed by atoms with Gasteiger partial charge in [0.2, 0.25) is 0 Å². The first-order chi connectivity index (χ1) is 9.02. The standard InChI is InChI=1S/C12H16ClNO/c13-11-1-3-12(4-2-11)15-9-10-5-7-14-8-6-10/h1-4,10,14H,5-9H2/i1D,2D,3D,4D. The summed E-state index contributed by atoms with van der Waals surface area (Å²) in [5.74, 6) is 0.386. The van der Waals surface area contributed by atoms with Crippen LogP contribution < -0.4 is 10.1 Å². The van der Waals surface area contributed by atoms with Crippen LogP contribution >= 0.6 is 11.6 Å². The van der Waals surface area contributed by atoms with E-state index >= 15 is 0 Å². The van der Waals surface area contributed by atoms with Gasteiger partial charge in [0, 0.05) is 5.02 Å². The van der Waals surface area contributed by atoms with E-state index in [0.29, 0.717) is 12.5 Å². The monoisotopic (exact) mass is 229 g/mol. The van der Waals surface area contributed by atoms with E-state index < -0.39 is 0 Å². The minimum absolute atomic E-state index is 0.00191. The molecule has 0 radical (unpaired) electrons. The Morgan fingerprint density at radius 1 is 1.33 bits per heavy atom. The highest BCUT2D eigenvalue weighted by atomic mass is 35.5. The molecule has 2 nitrogen and oxygen atoms in total. The second-order valence-electron chi connectivity index (χ2n) is 3.65. The Hall–Kier alpha value is -0.730. The summed E-state index contributed by atoms with van der Waals surface area (Å²) >= 11 is 5.73. The second-order valence-corrected chi connectivity index (χ2v) is 4.03. The van der Waals surface area contributed by atoms with Gasteiger partial charge in [-0.15, -0.1) is 0 Å². The molecule has 1 heterocycles. The SMILES string of the molecule is [2H]c1c([2H])c(OCC2CCNCC2)c([2H])c([2H])c1Cl. The zero-order valence-electron chi connectivity index (χ0n) is 12.4. The van der Waals surface area contributed by atoms with Crippen LogP contribution in [0.2, 0.25) is 5.02 Å². The lowest BCUT2D eigenvalue weighted by atomic mass is 9.99. The first-order valence-electron chi connectivity index (χ1n) is 7.11. The fourth-order valence-electron chi connectivity index (χ4n) is 1.61. The van der Waals surface area contributed by atoms with Gasteiger partial charge in [-0.1, -0.05) is 11.6 Å². The van der Waals surface area contributed by atoms with Gasteiger partial charge in [0.25, 0.3) is 0 Å². The highest BCUT2D eigenvalue weighted by molar-refractivity contribution is 6.30. The maximum Gasteiger partial charge on any atom is 0.119 e. The summed E-state index contributed by atoms with van der Waals surface area (Å²) in [6.45, 7) is 2.31. The van der Waals surface area contributed by atoms with Gasteiger partial charge in [0.1, 0.15) is 5.75 Å². The molecule has 1 aromatic carbocycles. The zero-order chi connectivity index (χ0) is 14.0. The molecule has 3 heteroatoms. The van der Waals surface area contributed by atoms with Crippen LogP contribution in [-0.4, -0.2) is 19.7 Å². The molecule has 15 heavy (non-hydrogen) atoms. The lowest BCUT2D eigenvalue weighted by Crippen LogP contribution is -2.30. The smallest absolute Gasteiger partial charge is 0.119 e. The van der Waals surface area contributed by atoms with Crippen molar-refractivity contribution in [1.82, 2.24) is 5.32 Å². The lowest BCUT2D eigenvalue weighted by molar-refractivity contribution is 0.215. The van der Waals surface area contributed by atoms with Crippen molar-refractivity contribution >= 4 is 11.6 Å². The van der Waals surface area contributed by atoms with E-state index in [1.54, 1.807) is 0 Å². The van der Waals surface area contributed by atoms with E-state index in [9.17, 15) is 0 Å². The molecule has 1 saturated heterocycles.